The maximum atomic E-state index is 11.9. The molecule has 82 valence electrons. The molecule has 3 nitrogen and oxygen atoms in total. The van der Waals surface area contributed by atoms with E-state index in [4.69, 9.17) is 5.73 Å². The molecule has 1 aliphatic rings. The van der Waals surface area contributed by atoms with E-state index in [2.05, 4.69) is 6.92 Å². The van der Waals surface area contributed by atoms with Crippen molar-refractivity contribution >= 4 is 5.91 Å². The maximum Gasteiger partial charge on any atom is 0.227 e. The van der Waals surface area contributed by atoms with Crippen LogP contribution >= 0.6 is 0 Å². The largest absolute Gasteiger partial charge is 0.341 e. The minimum atomic E-state index is -0.277. The predicted octanol–water partition coefficient (Wildman–Crippen LogP) is 1.23. The van der Waals surface area contributed by atoms with E-state index in [1.165, 1.54) is 0 Å². The van der Waals surface area contributed by atoms with E-state index in [0.717, 1.165) is 19.5 Å². The molecule has 2 atom stereocenters. The first kappa shape index (κ1) is 11.5. The predicted molar refractivity (Wildman–Crippen MR) is 57.8 cm³/mol. The topological polar surface area (TPSA) is 46.3 Å². The highest BCUT2D eigenvalue weighted by Gasteiger charge is 2.32. The molecule has 1 rings (SSSR count). The van der Waals surface area contributed by atoms with Gasteiger partial charge in [-0.25, -0.2) is 0 Å². The molecule has 1 heterocycles. The third-order valence-electron chi connectivity index (χ3n) is 2.95. The Balaban J connectivity index is 2.59. The summed E-state index contributed by atoms with van der Waals surface area (Å²) < 4.78 is 0. The summed E-state index contributed by atoms with van der Waals surface area (Å²) in [4.78, 5) is 13.8. The highest BCUT2D eigenvalue weighted by atomic mass is 16.2. The lowest BCUT2D eigenvalue weighted by Gasteiger charge is -2.38. The first-order valence-electron chi connectivity index (χ1n) is 5.37. The van der Waals surface area contributed by atoms with Gasteiger partial charge in [0, 0.05) is 24.5 Å². The van der Waals surface area contributed by atoms with E-state index in [1.54, 1.807) is 0 Å². The van der Waals surface area contributed by atoms with E-state index >= 15 is 0 Å². The molecule has 3 heteroatoms. The van der Waals surface area contributed by atoms with Gasteiger partial charge in [-0.15, -0.1) is 0 Å². The monoisotopic (exact) mass is 198 g/mol. The third-order valence-corrected chi connectivity index (χ3v) is 2.95. The zero-order valence-corrected chi connectivity index (χ0v) is 9.71. The molecule has 0 aromatic carbocycles. The van der Waals surface area contributed by atoms with Crippen molar-refractivity contribution in [3.63, 3.8) is 0 Å². The van der Waals surface area contributed by atoms with Crippen LogP contribution in [0.15, 0.2) is 0 Å². The fourth-order valence-corrected chi connectivity index (χ4v) is 1.76. The van der Waals surface area contributed by atoms with Crippen LogP contribution in [0.5, 0.6) is 0 Å². The third kappa shape index (κ3) is 2.47. The molecule has 0 spiro atoms. The molecule has 0 aliphatic carbocycles. The van der Waals surface area contributed by atoms with Gasteiger partial charge in [-0.1, -0.05) is 27.7 Å². The van der Waals surface area contributed by atoms with Crippen molar-refractivity contribution in [2.75, 3.05) is 13.1 Å². The summed E-state index contributed by atoms with van der Waals surface area (Å²) in [6, 6.07) is 0.148. The molecule has 2 N–H and O–H groups in total. The number of hydrogen-bond donors (Lipinski definition) is 1. The summed E-state index contributed by atoms with van der Waals surface area (Å²) in [5.74, 6) is 0.763. The molecule has 0 aromatic rings. The molecule has 0 saturated carbocycles. The minimum absolute atomic E-state index is 0.148. The second kappa shape index (κ2) is 3.89. The van der Waals surface area contributed by atoms with Crippen molar-refractivity contribution in [1.29, 1.82) is 0 Å². The Morgan fingerprint density at radius 2 is 2.00 bits per heavy atom. The number of nitrogens with two attached hydrogens (primary N) is 1. The van der Waals surface area contributed by atoms with Gasteiger partial charge in [0.2, 0.25) is 5.91 Å². The summed E-state index contributed by atoms with van der Waals surface area (Å²) in [5, 5.41) is 0. The Bertz CT molecular complexity index is 220. The number of rotatable bonds is 0. The smallest absolute Gasteiger partial charge is 0.227 e. The van der Waals surface area contributed by atoms with Crippen LogP contribution in [0.2, 0.25) is 0 Å². The normalized spacial score (nSPS) is 29.1. The standard InChI is InChI=1S/C11H22N2O/c1-8-5-6-13(7-9(8)12)10(14)11(2,3)4/h8-9H,5-7,12H2,1-4H3/t8-,9+/m1/s1. The van der Waals surface area contributed by atoms with Crippen molar-refractivity contribution in [3.05, 3.63) is 0 Å². The van der Waals surface area contributed by atoms with E-state index in [0.29, 0.717) is 5.92 Å². The Morgan fingerprint density at radius 1 is 1.43 bits per heavy atom. The van der Waals surface area contributed by atoms with Gasteiger partial charge in [-0.05, 0) is 12.3 Å². The van der Waals surface area contributed by atoms with Crippen LogP contribution in [-0.4, -0.2) is 29.9 Å². The highest BCUT2D eigenvalue weighted by molar-refractivity contribution is 5.81. The van der Waals surface area contributed by atoms with E-state index < -0.39 is 0 Å². The number of carbonyl (C=O) groups excluding carboxylic acids is 1. The number of carbonyl (C=O) groups is 1. The van der Waals surface area contributed by atoms with Gasteiger partial charge >= 0.3 is 0 Å². The Kier molecular flexibility index (Phi) is 3.20. The van der Waals surface area contributed by atoms with Crippen LogP contribution in [0.25, 0.3) is 0 Å². The van der Waals surface area contributed by atoms with Gasteiger partial charge in [-0.2, -0.15) is 0 Å². The number of hydrogen-bond acceptors (Lipinski definition) is 2. The molecule has 14 heavy (non-hydrogen) atoms. The van der Waals surface area contributed by atoms with Gasteiger partial charge in [-0.3, -0.25) is 4.79 Å². The second-order valence-electron chi connectivity index (χ2n) is 5.43. The quantitative estimate of drug-likeness (QED) is 0.636. The fraction of sp³-hybridized carbons (Fsp3) is 0.909. The Labute approximate surface area is 86.6 Å². The Morgan fingerprint density at radius 3 is 2.43 bits per heavy atom. The molecule has 1 amide bonds. The lowest BCUT2D eigenvalue weighted by atomic mass is 9.90. The molecule has 0 radical (unpaired) electrons. The van der Waals surface area contributed by atoms with Gasteiger partial charge in [0.15, 0.2) is 0 Å². The van der Waals surface area contributed by atoms with Crippen LogP contribution in [0.3, 0.4) is 0 Å². The summed E-state index contributed by atoms with van der Waals surface area (Å²) in [6.45, 7) is 9.61. The van der Waals surface area contributed by atoms with Crippen molar-refractivity contribution in [1.82, 2.24) is 4.90 Å². The summed E-state index contributed by atoms with van der Waals surface area (Å²) in [6.07, 6.45) is 1.03. The highest BCUT2D eigenvalue weighted by Crippen LogP contribution is 2.22. The van der Waals surface area contributed by atoms with Crippen LogP contribution in [0, 0.1) is 11.3 Å². The lowest BCUT2D eigenvalue weighted by Crippen LogP contribution is -2.52. The number of piperidine rings is 1. The average molecular weight is 198 g/mol. The second-order valence-corrected chi connectivity index (χ2v) is 5.43. The summed E-state index contributed by atoms with van der Waals surface area (Å²) in [7, 11) is 0. The number of nitrogens with zero attached hydrogens (tertiary/aromatic N) is 1. The molecule has 1 saturated heterocycles. The molecule has 0 aromatic heterocycles. The molecular formula is C11H22N2O. The molecule has 0 unspecified atom stereocenters. The van der Waals surface area contributed by atoms with E-state index in [1.807, 2.05) is 25.7 Å². The first-order valence-corrected chi connectivity index (χ1v) is 5.37. The number of amides is 1. The van der Waals surface area contributed by atoms with Crippen LogP contribution in [-0.2, 0) is 4.79 Å². The fourth-order valence-electron chi connectivity index (χ4n) is 1.76. The van der Waals surface area contributed by atoms with E-state index in [9.17, 15) is 4.79 Å². The molecule has 0 bridgehead atoms. The Hall–Kier alpha value is -0.570. The van der Waals surface area contributed by atoms with Gasteiger partial charge in [0.25, 0.3) is 0 Å². The van der Waals surface area contributed by atoms with Crippen LogP contribution in [0.4, 0.5) is 0 Å². The SMILES string of the molecule is C[C@@H]1CCN(C(=O)C(C)(C)C)C[C@@H]1N. The van der Waals surface area contributed by atoms with Crippen LogP contribution in [0.1, 0.15) is 34.1 Å². The van der Waals surface area contributed by atoms with Crippen LogP contribution < -0.4 is 5.73 Å². The average Bonchev–Trinajstić information content (AvgIpc) is 2.07. The summed E-state index contributed by atoms with van der Waals surface area (Å²) in [5.41, 5.74) is 5.68. The molecular weight excluding hydrogens is 176 g/mol. The van der Waals surface area contributed by atoms with Crippen molar-refractivity contribution in [2.45, 2.75) is 40.2 Å². The lowest BCUT2D eigenvalue weighted by molar-refractivity contribution is -0.141. The molecule has 1 fully saturated rings. The van der Waals surface area contributed by atoms with E-state index in [-0.39, 0.29) is 17.4 Å². The minimum Gasteiger partial charge on any atom is -0.341 e. The molecule has 1 aliphatic heterocycles. The first-order chi connectivity index (χ1) is 6.32. The summed E-state index contributed by atoms with van der Waals surface area (Å²) >= 11 is 0. The zero-order chi connectivity index (χ0) is 10.9. The van der Waals surface area contributed by atoms with Crippen molar-refractivity contribution in [3.8, 4) is 0 Å². The maximum absolute atomic E-state index is 11.9. The number of likely N-dealkylation sites (tertiary alicyclic amines) is 1. The van der Waals surface area contributed by atoms with Crippen molar-refractivity contribution in [2.24, 2.45) is 17.1 Å². The zero-order valence-electron chi connectivity index (χ0n) is 9.71. The van der Waals surface area contributed by atoms with Gasteiger partial charge < -0.3 is 10.6 Å². The van der Waals surface area contributed by atoms with Gasteiger partial charge in [0.1, 0.15) is 0 Å². The van der Waals surface area contributed by atoms with Gasteiger partial charge in [0.05, 0.1) is 0 Å². The van der Waals surface area contributed by atoms with Crippen molar-refractivity contribution < 1.29 is 4.79 Å².